The molecule has 1 aromatic carbocycles. The summed E-state index contributed by atoms with van der Waals surface area (Å²) in [5.41, 5.74) is 0.739. The summed E-state index contributed by atoms with van der Waals surface area (Å²) in [6.45, 7) is 0. The number of halogens is 2. The quantitative estimate of drug-likeness (QED) is 0.651. The van der Waals surface area contributed by atoms with Gasteiger partial charge in [0.25, 0.3) is 5.56 Å². The second-order valence-electron chi connectivity index (χ2n) is 5.17. The number of nitrogens with one attached hydrogen (secondary N) is 1. The normalized spacial score (nSPS) is 16.9. The van der Waals surface area contributed by atoms with Crippen LogP contribution in [0.2, 0.25) is 10.0 Å². The molecule has 1 aliphatic rings. The monoisotopic (exact) mass is 369 g/mol. The molecule has 0 bridgehead atoms. The summed E-state index contributed by atoms with van der Waals surface area (Å²) in [6, 6.07) is 5.21. The highest BCUT2D eigenvalue weighted by molar-refractivity contribution is 7.98. The molecule has 2 aromatic rings. The van der Waals surface area contributed by atoms with Crippen molar-refractivity contribution >= 4 is 46.7 Å². The summed E-state index contributed by atoms with van der Waals surface area (Å²) in [7, 11) is 1.76. The van der Waals surface area contributed by atoms with Gasteiger partial charge in [0.2, 0.25) is 5.91 Å². The summed E-state index contributed by atoms with van der Waals surface area (Å²) in [6.07, 6.45) is 1.95. The standard InChI is InChI=1S/C15H13Cl2N3O2S/c1-20-13-11(14(22)19-15(20)23-2)8(6-10(21)18-13)7-4-3-5-9(16)12(7)17/h3-5,8H,6H2,1-2H3,(H,18,21)/t8-/m1/s1. The topological polar surface area (TPSA) is 64.0 Å². The second kappa shape index (κ2) is 6.19. The minimum absolute atomic E-state index is 0.128. The van der Waals surface area contributed by atoms with E-state index in [4.69, 9.17) is 23.2 Å². The number of thioether (sulfide) groups is 1. The second-order valence-corrected chi connectivity index (χ2v) is 6.73. The van der Waals surface area contributed by atoms with Crippen LogP contribution < -0.4 is 10.9 Å². The van der Waals surface area contributed by atoms with Crippen molar-refractivity contribution in [3.8, 4) is 0 Å². The number of rotatable bonds is 2. The maximum absolute atomic E-state index is 12.5. The van der Waals surface area contributed by atoms with Gasteiger partial charge in [-0.3, -0.25) is 9.59 Å². The molecule has 0 unspecified atom stereocenters. The van der Waals surface area contributed by atoms with E-state index >= 15 is 0 Å². The third-order valence-corrected chi connectivity index (χ3v) is 5.40. The van der Waals surface area contributed by atoms with E-state index in [0.717, 1.165) is 0 Å². The van der Waals surface area contributed by atoms with E-state index in [-0.39, 0.29) is 17.9 Å². The number of aromatic nitrogens is 2. The highest BCUT2D eigenvalue weighted by Gasteiger charge is 2.33. The summed E-state index contributed by atoms with van der Waals surface area (Å²) < 4.78 is 1.71. The van der Waals surface area contributed by atoms with Crippen LogP contribution in [-0.2, 0) is 11.8 Å². The van der Waals surface area contributed by atoms with Crippen molar-refractivity contribution in [2.45, 2.75) is 17.5 Å². The summed E-state index contributed by atoms with van der Waals surface area (Å²) in [4.78, 5) is 28.8. The Kier molecular flexibility index (Phi) is 4.40. The van der Waals surface area contributed by atoms with Gasteiger partial charge < -0.3 is 9.88 Å². The first kappa shape index (κ1) is 16.4. The SMILES string of the molecule is CSc1nc(=O)c2c(n1C)NC(=O)C[C@@H]2c1cccc(Cl)c1Cl. The molecule has 0 saturated heterocycles. The van der Waals surface area contributed by atoms with Crippen molar-refractivity contribution in [1.82, 2.24) is 9.55 Å². The van der Waals surface area contributed by atoms with Crippen LogP contribution in [0.1, 0.15) is 23.5 Å². The van der Waals surface area contributed by atoms with Crippen molar-refractivity contribution in [3.63, 3.8) is 0 Å². The average Bonchev–Trinajstić information content (AvgIpc) is 2.52. The number of nitrogens with zero attached hydrogens (tertiary/aromatic N) is 2. The number of benzene rings is 1. The van der Waals surface area contributed by atoms with Crippen LogP contribution >= 0.6 is 35.0 Å². The largest absolute Gasteiger partial charge is 0.312 e. The molecule has 8 heteroatoms. The van der Waals surface area contributed by atoms with Crippen molar-refractivity contribution < 1.29 is 4.79 Å². The van der Waals surface area contributed by atoms with E-state index < -0.39 is 5.92 Å². The van der Waals surface area contributed by atoms with Gasteiger partial charge >= 0.3 is 0 Å². The van der Waals surface area contributed by atoms with Gasteiger partial charge in [-0.25, -0.2) is 0 Å². The fraction of sp³-hybridized carbons (Fsp3) is 0.267. The van der Waals surface area contributed by atoms with Gasteiger partial charge in [-0.05, 0) is 17.9 Å². The fourth-order valence-electron chi connectivity index (χ4n) is 2.77. The smallest absolute Gasteiger partial charge is 0.279 e. The van der Waals surface area contributed by atoms with E-state index in [1.807, 2.05) is 6.26 Å². The Balaban J connectivity index is 2.28. The lowest BCUT2D eigenvalue weighted by Crippen LogP contribution is -2.33. The van der Waals surface area contributed by atoms with Gasteiger partial charge in [-0.15, -0.1) is 0 Å². The van der Waals surface area contributed by atoms with Gasteiger partial charge in [0.1, 0.15) is 5.82 Å². The van der Waals surface area contributed by atoms with Crippen molar-refractivity contribution in [2.24, 2.45) is 7.05 Å². The van der Waals surface area contributed by atoms with Gasteiger partial charge in [0.15, 0.2) is 5.16 Å². The van der Waals surface area contributed by atoms with Gasteiger partial charge in [0, 0.05) is 19.4 Å². The van der Waals surface area contributed by atoms with Crippen molar-refractivity contribution in [3.05, 3.63) is 49.7 Å². The molecular weight excluding hydrogens is 357 g/mol. The van der Waals surface area contributed by atoms with Crippen LogP contribution in [0.25, 0.3) is 0 Å². The van der Waals surface area contributed by atoms with Crippen molar-refractivity contribution in [2.75, 3.05) is 11.6 Å². The van der Waals surface area contributed by atoms with Crippen LogP contribution in [0.3, 0.4) is 0 Å². The van der Waals surface area contributed by atoms with E-state index in [0.29, 0.717) is 32.1 Å². The molecule has 23 heavy (non-hydrogen) atoms. The lowest BCUT2D eigenvalue weighted by Gasteiger charge is -2.28. The first-order valence-corrected chi connectivity index (χ1v) is 8.80. The molecule has 1 atom stereocenters. The Morgan fingerprint density at radius 3 is 2.78 bits per heavy atom. The molecule has 120 valence electrons. The van der Waals surface area contributed by atoms with Crippen LogP contribution in [0, 0.1) is 0 Å². The lowest BCUT2D eigenvalue weighted by molar-refractivity contribution is -0.116. The maximum atomic E-state index is 12.5. The summed E-state index contributed by atoms with van der Waals surface area (Å²) in [5.74, 6) is -0.175. The molecule has 5 nitrogen and oxygen atoms in total. The first-order chi connectivity index (χ1) is 10.9. The molecule has 1 aromatic heterocycles. The Bertz CT molecular complexity index is 867. The molecule has 0 spiro atoms. The third-order valence-electron chi connectivity index (χ3n) is 3.84. The van der Waals surface area contributed by atoms with E-state index in [1.165, 1.54) is 11.8 Å². The molecule has 1 N–H and O–H groups in total. The fourth-order valence-corrected chi connectivity index (χ4v) is 3.75. The van der Waals surface area contributed by atoms with E-state index in [1.54, 1.807) is 29.8 Å². The molecule has 0 saturated carbocycles. The summed E-state index contributed by atoms with van der Waals surface area (Å²) in [5, 5.41) is 4.05. The lowest BCUT2D eigenvalue weighted by atomic mass is 9.86. The predicted molar refractivity (Wildman–Crippen MR) is 92.8 cm³/mol. The van der Waals surface area contributed by atoms with Gasteiger partial charge in [-0.1, -0.05) is 47.1 Å². The number of hydrogen-bond acceptors (Lipinski definition) is 4. The molecule has 1 aliphatic heterocycles. The van der Waals surface area contributed by atoms with Gasteiger partial charge in [0.05, 0.1) is 15.6 Å². The number of carbonyl (C=O) groups is 1. The van der Waals surface area contributed by atoms with E-state index in [9.17, 15) is 9.59 Å². The van der Waals surface area contributed by atoms with Crippen LogP contribution in [0.4, 0.5) is 5.82 Å². The number of anilines is 1. The predicted octanol–water partition coefficient (Wildman–Crippen LogP) is 3.28. The molecule has 0 aliphatic carbocycles. The minimum Gasteiger partial charge on any atom is -0.312 e. The highest BCUT2D eigenvalue weighted by atomic mass is 35.5. The number of fused-ring (bicyclic) bond motifs is 1. The van der Waals surface area contributed by atoms with Crippen LogP contribution in [0.15, 0.2) is 28.2 Å². The molecule has 0 fully saturated rings. The van der Waals surface area contributed by atoms with Crippen LogP contribution in [0.5, 0.6) is 0 Å². The number of carbonyl (C=O) groups excluding carboxylic acids is 1. The number of hydrogen-bond donors (Lipinski definition) is 1. The zero-order chi connectivity index (χ0) is 16.7. The molecule has 2 heterocycles. The third kappa shape index (κ3) is 2.75. The Labute approximate surface area is 147 Å². The highest BCUT2D eigenvalue weighted by Crippen LogP contribution is 2.40. The van der Waals surface area contributed by atoms with E-state index in [2.05, 4.69) is 10.3 Å². The maximum Gasteiger partial charge on any atom is 0.279 e. The molecule has 3 rings (SSSR count). The van der Waals surface area contributed by atoms with Gasteiger partial charge in [-0.2, -0.15) is 4.98 Å². The summed E-state index contributed by atoms with van der Waals surface area (Å²) >= 11 is 13.7. The zero-order valence-corrected chi connectivity index (χ0v) is 14.7. The molecule has 0 radical (unpaired) electrons. The Hall–Kier alpha value is -1.50. The first-order valence-electron chi connectivity index (χ1n) is 6.82. The van der Waals surface area contributed by atoms with Crippen molar-refractivity contribution in [1.29, 1.82) is 0 Å². The molecular formula is C15H13Cl2N3O2S. The zero-order valence-electron chi connectivity index (χ0n) is 12.4. The number of amides is 1. The van der Waals surface area contributed by atoms with Crippen LogP contribution in [-0.4, -0.2) is 21.7 Å². The Morgan fingerprint density at radius 1 is 1.35 bits per heavy atom. The molecule has 1 amide bonds. The average molecular weight is 370 g/mol. The minimum atomic E-state index is -0.466. The Morgan fingerprint density at radius 2 is 2.09 bits per heavy atom.